The van der Waals surface area contributed by atoms with Gasteiger partial charge < -0.3 is 10.6 Å². The molecule has 7 nitrogen and oxygen atoms in total. The van der Waals surface area contributed by atoms with Crippen molar-refractivity contribution in [2.45, 2.75) is 19.3 Å². The molecule has 0 saturated heterocycles. The van der Waals surface area contributed by atoms with Crippen molar-refractivity contribution in [3.8, 4) is 0 Å². The molecule has 3 aromatic rings. The van der Waals surface area contributed by atoms with E-state index in [-0.39, 0.29) is 11.9 Å². The first-order valence-electron chi connectivity index (χ1n) is 9.81. The molecule has 1 unspecified atom stereocenters. The summed E-state index contributed by atoms with van der Waals surface area (Å²) in [6, 6.07) is 9.48. The molecule has 2 amide bonds. The second kappa shape index (κ2) is 7.94. The highest BCUT2D eigenvalue weighted by Crippen LogP contribution is 2.35. The van der Waals surface area contributed by atoms with E-state index in [1.54, 1.807) is 9.26 Å². The van der Waals surface area contributed by atoms with Gasteiger partial charge in [0.15, 0.2) is 5.65 Å². The molecule has 0 spiro atoms. The van der Waals surface area contributed by atoms with Gasteiger partial charge in [-0.3, -0.25) is 0 Å². The lowest BCUT2D eigenvalue weighted by atomic mass is 9.90. The predicted molar refractivity (Wildman–Crippen MR) is 119 cm³/mol. The van der Waals surface area contributed by atoms with Crippen molar-refractivity contribution in [1.82, 2.24) is 20.1 Å². The third-order valence-corrected chi connectivity index (χ3v) is 5.13. The average molecular weight is 401 g/mol. The summed E-state index contributed by atoms with van der Waals surface area (Å²) in [6.07, 6.45) is 8.67. The maximum Gasteiger partial charge on any atom is 0.359 e. The largest absolute Gasteiger partial charge is 0.359 e. The van der Waals surface area contributed by atoms with Crippen molar-refractivity contribution < 1.29 is 9.37 Å². The summed E-state index contributed by atoms with van der Waals surface area (Å²) in [5.74, 6) is 0.971. The first-order valence-corrected chi connectivity index (χ1v) is 9.81. The van der Waals surface area contributed by atoms with Crippen LogP contribution in [-0.2, 0) is 7.05 Å². The van der Waals surface area contributed by atoms with Crippen molar-refractivity contribution in [3.05, 3.63) is 71.6 Å². The van der Waals surface area contributed by atoms with E-state index < -0.39 is 0 Å². The van der Waals surface area contributed by atoms with Crippen LogP contribution in [0.5, 0.6) is 0 Å². The van der Waals surface area contributed by atoms with Gasteiger partial charge in [-0.25, -0.2) is 14.4 Å². The molecule has 0 fully saturated rings. The summed E-state index contributed by atoms with van der Waals surface area (Å²) in [7, 11) is 3.77. The van der Waals surface area contributed by atoms with Gasteiger partial charge in [0.05, 0.1) is 25.9 Å². The number of pyridine rings is 1. The molecule has 1 atom stereocenters. The number of allylic oxidation sites excluding steroid dienone is 3. The Morgan fingerprint density at radius 1 is 1.30 bits per heavy atom. The topological polar surface area (TPSA) is 74.8 Å². The Hall–Kier alpha value is -3.74. The Kier molecular flexibility index (Phi) is 5.18. The lowest BCUT2D eigenvalue weighted by Gasteiger charge is -2.18. The molecule has 1 aromatic carbocycles. The molecule has 0 saturated carbocycles. The third kappa shape index (κ3) is 3.87. The molecular formula is C23H25N6O+. The SMILES string of the molecule is C=[N+](C)c1nn(C)c2nccc(C3C=CC(NC(=O)Nc4cccc(C)c4)=CC3)c12. The quantitative estimate of drug-likeness (QED) is 0.513. The summed E-state index contributed by atoms with van der Waals surface area (Å²) >= 11 is 0. The first kappa shape index (κ1) is 19.6. The van der Waals surface area contributed by atoms with Crippen LogP contribution in [0.3, 0.4) is 0 Å². The van der Waals surface area contributed by atoms with Crippen LogP contribution in [0.4, 0.5) is 16.3 Å². The summed E-state index contributed by atoms with van der Waals surface area (Å²) in [5, 5.41) is 11.3. The average Bonchev–Trinajstić information content (AvgIpc) is 3.06. The van der Waals surface area contributed by atoms with Crippen LogP contribution in [0.25, 0.3) is 11.0 Å². The monoisotopic (exact) mass is 401 g/mol. The highest BCUT2D eigenvalue weighted by Gasteiger charge is 2.25. The van der Waals surface area contributed by atoms with Crippen LogP contribution in [0.2, 0.25) is 0 Å². The highest BCUT2D eigenvalue weighted by atomic mass is 16.2. The van der Waals surface area contributed by atoms with Gasteiger partial charge in [-0.1, -0.05) is 24.3 Å². The number of hydrogen-bond donors (Lipinski definition) is 2. The zero-order valence-corrected chi connectivity index (χ0v) is 17.4. The molecule has 2 aromatic heterocycles. The van der Waals surface area contributed by atoms with Gasteiger partial charge in [0, 0.05) is 23.5 Å². The first-order chi connectivity index (χ1) is 14.4. The van der Waals surface area contributed by atoms with Crippen molar-refractivity contribution in [1.29, 1.82) is 0 Å². The Morgan fingerprint density at radius 3 is 2.83 bits per heavy atom. The molecule has 0 bridgehead atoms. The number of anilines is 1. The number of fused-ring (bicyclic) bond motifs is 1. The minimum absolute atomic E-state index is 0.170. The molecule has 2 N–H and O–H groups in total. The minimum Gasteiger partial charge on any atom is -0.308 e. The fraction of sp³-hybridized carbons (Fsp3) is 0.217. The van der Waals surface area contributed by atoms with Crippen LogP contribution >= 0.6 is 0 Å². The number of aryl methyl sites for hydroxylation is 2. The molecule has 4 rings (SSSR count). The lowest BCUT2D eigenvalue weighted by molar-refractivity contribution is -0.397. The Morgan fingerprint density at radius 2 is 2.13 bits per heavy atom. The van der Waals surface area contributed by atoms with Gasteiger partial charge in [0.1, 0.15) is 5.39 Å². The number of amides is 2. The molecule has 7 heteroatoms. The molecule has 2 heterocycles. The molecule has 0 radical (unpaired) electrons. The standard InChI is InChI=1S/C23H24N6O/c1-15-6-5-7-18(14-15)26-23(30)25-17-10-8-16(9-11-17)19-12-13-24-21-20(19)22(28(2)3)27-29(21)4/h5-8,10-14,16H,2,9H2,1,3-4H3,(H-,25,26,30)/p+1. The van der Waals surface area contributed by atoms with Gasteiger partial charge in [0.25, 0.3) is 0 Å². The number of aromatic nitrogens is 3. The third-order valence-electron chi connectivity index (χ3n) is 5.13. The van der Waals surface area contributed by atoms with E-state index in [2.05, 4.69) is 33.5 Å². The van der Waals surface area contributed by atoms with Crippen LogP contribution in [-0.4, -0.2) is 39.1 Å². The number of nitrogens with one attached hydrogen (secondary N) is 2. The molecule has 1 aliphatic rings. The maximum absolute atomic E-state index is 12.3. The Bertz CT molecular complexity index is 1200. The number of urea groups is 1. The number of rotatable bonds is 4. The van der Waals surface area contributed by atoms with E-state index in [1.807, 2.05) is 69.7 Å². The fourth-order valence-corrected chi connectivity index (χ4v) is 3.72. The molecule has 152 valence electrons. The minimum atomic E-state index is -0.255. The summed E-state index contributed by atoms with van der Waals surface area (Å²) in [6.45, 7) is 5.98. The van der Waals surface area contributed by atoms with Crippen LogP contribution in [0.1, 0.15) is 23.5 Å². The molecule has 30 heavy (non-hydrogen) atoms. The lowest BCUT2D eigenvalue weighted by Crippen LogP contribution is -2.28. The maximum atomic E-state index is 12.3. The van der Waals surface area contributed by atoms with E-state index in [9.17, 15) is 4.79 Å². The Balaban J connectivity index is 1.50. The van der Waals surface area contributed by atoms with Crippen LogP contribution in [0, 0.1) is 6.92 Å². The molecule has 0 aliphatic heterocycles. The molecule has 1 aliphatic carbocycles. The normalized spacial score (nSPS) is 15.7. The fourth-order valence-electron chi connectivity index (χ4n) is 3.72. The highest BCUT2D eigenvalue weighted by molar-refractivity contribution is 5.91. The van der Waals surface area contributed by atoms with E-state index in [0.717, 1.165) is 45.8 Å². The number of carbonyl (C=O) groups is 1. The summed E-state index contributed by atoms with van der Waals surface area (Å²) in [5.41, 5.74) is 4.62. The Labute approximate surface area is 175 Å². The van der Waals surface area contributed by atoms with Gasteiger partial charge >= 0.3 is 11.8 Å². The second-order valence-corrected chi connectivity index (χ2v) is 7.55. The van der Waals surface area contributed by atoms with Crippen molar-refractivity contribution >= 4 is 35.3 Å². The zero-order valence-electron chi connectivity index (χ0n) is 17.4. The van der Waals surface area contributed by atoms with Crippen molar-refractivity contribution in [3.63, 3.8) is 0 Å². The van der Waals surface area contributed by atoms with E-state index in [1.165, 1.54) is 0 Å². The van der Waals surface area contributed by atoms with Crippen molar-refractivity contribution in [2.75, 3.05) is 12.4 Å². The van der Waals surface area contributed by atoms with Gasteiger partial charge in [-0.2, -0.15) is 4.68 Å². The van der Waals surface area contributed by atoms with Gasteiger partial charge in [-0.15, -0.1) is 0 Å². The van der Waals surface area contributed by atoms with Gasteiger partial charge in [-0.05, 0) is 48.7 Å². The van der Waals surface area contributed by atoms with Gasteiger partial charge in [0.2, 0.25) is 0 Å². The zero-order chi connectivity index (χ0) is 21.3. The van der Waals surface area contributed by atoms with Crippen LogP contribution in [0.15, 0.2) is 60.5 Å². The smallest absolute Gasteiger partial charge is 0.308 e. The number of carbonyl (C=O) groups excluding carboxylic acids is 1. The van der Waals surface area contributed by atoms with E-state index in [0.29, 0.717) is 0 Å². The number of benzene rings is 1. The second-order valence-electron chi connectivity index (χ2n) is 7.55. The van der Waals surface area contributed by atoms with Crippen LogP contribution < -0.4 is 10.6 Å². The predicted octanol–water partition coefficient (Wildman–Crippen LogP) is 4.00. The summed E-state index contributed by atoms with van der Waals surface area (Å²) < 4.78 is 3.54. The molecular weight excluding hydrogens is 376 g/mol. The number of nitrogens with zero attached hydrogens (tertiary/aromatic N) is 4. The van der Waals surface area contributed by atoms with Crippen molar-refractivity contribution in [2.24, 2.45) is 7.05 Å². The van der Waals surface area contributed by atoms with E-state index in [4.69, 9.17) is 0 Å². The van der Waals surface area contributed by atoms with E-state index >= 15 is 0 Å². The number of hydrogen-bond acceptors (Lipinski definition) is 3. The summed E-state index contributed by atoms with van der Waals surface area (Å²) in [4.78, 5) is 16.8.